The minimum absolute atomic E-state index is 0.174. The Morgan fingerprint density at radius 1 is 1.24 bits per heavy atom. The number of hydrogen-bond donors (Lipinski definition) is 2. The predicted octanol–water partition coefficient (Wildman–Crippen LogP) is 4.63. The number of fused-ring (bicyclic) bond motifs is 1. The Morgan fingerprint density at radius 2 is 1.94 bits per heavy atom. The van der Waals surface area contributed by atoms with Crippen molar-refractivity contribution in [3.8, 4) is 0 Å². The zero-order valence-electron chi connectivity index (χ0n) is 18.6. The first-order valence-corrected chi connectivity index (χ1v) is 10.7. The number of carbonyl (C=O) groups is 1. The van der Waals surface area contributed by atoms with Gasteiger partial charge in [-0.1, -0.05) is 6.07 Å². The highest BCUT2D eigenvalue weighted by atomic mass is 19.4. The number of alkyl halides is 3. The van der Waals surface area contributed by atoms with Crippen molar-refractivity contribution < 1.29 is 23.1 Å². The van der Waals surface area contributed by atoms with Crippen LogP contribution in [0.25, 0.3) is 10.9 Å². The molecule has 2 N–H and O–H groups in total. The number of anilines is 2. The van der Waals surface area contributed by atoms with Crippen molar-refractivity contribution in [2.45, 2.75) is 50.4 Å². The first kappa shape index (κ1) is 23.0. The largest absolute Gasteiger partial charge is 0.433 e. The van der Waals surface area contributed by atoms with E-state index in [1.165, 1.54) is 6.07 Å². The van der Waals surface area contributed by atoms with Gasteiger partial charge in [-0.3, -0.25) is 9.48 Å². The van der Waals surface area contributed by atoms with E-state index in [0.29, 0.717) is 24.2 Å². The van der Waals surface area contributed by atoms with Crippen LogP contribution in [0.2, 0.25) is 0 Å². The molecule has 0 radical (unpaired) electrons. The molecule has 0 atom stereocenters. The van der Waals surface area contributed by atoms with Gasteiger partial charge in [0.25, 0.3) is 5.91 Å². The number of nitrogens with zero attached hydrogens (tertiary/aromatic N) is 4. The monoisotopic (exact) mass is 461 g/mol. The summed E-state index contributed by atoms with van der Waals surface area (Å²) in [4.78, 5) is 18.0. The maximum atomic E-state index is 13.0. The first-order valence-electron chi connectivity index (χ1n) is 10.7. The lowest BCUT2D eigenvalue weighted by Crippen LogP contribution is -2.31. The molecule has 1 fully saturated rings. The SMILES string of the molecule is CN(C)c1cc2nn([C@H]3CC[C@@](C)(O)CC3)cc2cc1NC(=O)c1cccc(C(F)(F)F)n1. The van der Waals surface area contributed by atoms with Crippen LogP contribution < -0.4 is 10.2 Å². The average molecular weight is 461 g/mol. The van der Waals surface area contributed by atoms with Gasteiger partial charge >= 0.3 is 6.18 Å². The van der Waals surface area contributed by atoms with Crippen molar-refractivity contribution >= 4 is 28.2 Å². The fraction of sp³-hybridized carbons (Fsp3) is 0.435. The van der Waals surface area contributed by atoms with Crippen molar-refractivity contribution in [2.24, 2.45) is 0 Å². The summed E-state index contributed by atoms with van der Waals surface area (Å²) in [6.45, 7) is 1.85. The average Bonchev–Trinajstić information content (AvgIpc) is 3.15. The number of carbonyl (C=O) groups excluding carboxylic acids is 1. The molecule has 0 saturated heterocycles. The van der Waals surface area contributed by atoms with Gasteiger partial charge in [-0.05, 0) is 56.9 Å². The highest BCUT2D eigenvalue weighted by molar-refractivity contribution is 6.06. The van der Waals surface area contributed by atoms with Crippen LogP contribution in [-0.4, -0.2) is 45.5 Å². The van der Waals surface area contributed by atoms with E-state index in [4.69, 9.17) is 5.10 Å². The van der Waals surface area contributed by atoms with Gasteiger partial charge in [0.15, 0.2) is 0 Å². The number of rotatable bonds is 4. The summed E-state index contributed by atoms with van der Waals surface area (Å²) in [5, 5.41) is 18.4. The van der Waals surface area contributed by atoms with E-state index in [1.54, 1.807) is 25.1 Å². The Morgan fingerprint density at radius 3 is 2.58 bits per heavy atom. The third kappa shape index (κ3) is 4.95. The molecule has 0 bridgehead atoms. The molecule has 0 spiro atoms. The molecule has 10 heteroatoms. The quantitative estimate of drug-likeness (QED) is 0.592. The Hall–Kier alpha value is -3.14. The number of halogens is 3. The van der Waals surface area contributed by atoms with E-state index in [2.05, 4.69) is 10.3 Å². The fourth-order valence-corrected chi connectivity index (χ4v) is 4.13. The Bertz CT molecular complexity index is 1180. The zero-order chi connectivity index (χ0) is 24.0. The molecular formula is C23H26F3N5O2. The maximum absolute atomic E-state index is 13.0. The van der Waals surface area contributed by atoms with Crippen LogP contribution in [0.5, 0.6) is 0 Å². The fourth-order valence-electron chi connectivity index (χ4n) is 4.13. The molecule has 0 aliphatic heterocycles. The lowest BCUT2D eigenvalue weighted by atomic mass is 9.84. The normalized spacial score (nSPS) is 21.2. The third-order valence-electron chi connectivity index (χ3n) is 6.05. The molecule has 1 amide bonds. The van der Waals surface area contributed by atoms with E-state index in [9.17, 15) is 23.1 Å². The highest BCUT2D eigenvalue weighted by Gasteiger charge is 2.33. The molecular weight excluding hydrogens is 435 g/mol. The highest BCUT2D eigenvalue weighted by Crippen LogP contribution is 2.36. The van der Waals surface area contributed by atoms with Gasteiger partial charge in [-0.15, -0.1) is 0 Å². The molecule has 1 aromatic carbocycles. The van der Waals surface area contributed by atoms with Crippen LogP contribution >= 0.6 is 0 Å². The van der Waals surface area contributed by atoms with E-state index in [1.807, 2.05) is 23.9 Å². The number of amides is 1. The van der Waals surface area contributed by atoms with Crippen LogP contribution in [-0.2, 0) is 6.18 Å². The summed E-state index contributed by atoms with van der Waals surface area (Å²) in [6, 6.07) is 7.00. The van der Waals surface area contributed by atoms with Crippen LogP contribution in [0.15, 0.2) is 36.5 Å². The number of hydrogen-bond acceptors (Lipinski definition) is 5. The molecule has 0 unspecified atom stereocenters. The summed E-state index contributed by atoms with van der Waals surface area (Å²) in [5.74, 6) is -0.731. The standard InChI is InChI=1S/C23H26F3N5O2/c1-22(33)9-7-15(8-10-22)31-13-14-11-18(19(30(2)3)12-17(14)29-31)28-21(32)16-5-4-6-20(27-16)23(24,25)26/h4-6,11-13,15,33H,7-10H2,1-3H3,(H,28,32)/t15-,22+. The summed E-state index contributed by atoms with van der Waals surface area (Å²) < 4.78 is 40.8. The molecule has 2 aromatic heterocycles. The van der Waals surface area contributed by atoms with Crippen molar-refractivity contribution in [3.05, 3.63) is 47.9 Å². The lowest BCUT2D eigenvalue weighted by Gasteiger charge is -2.33. The van der Waals surface area contributed by atoms with Gasteiger partial charge in [0.1, 0.15) is 11.4 Å². The van der Waals surface area contributed by atoms with E-state index < -0.39 is 23.4 Å². The molecule has 1 saturated carbocycles. The number of aliphatic hydroxyl groups is 1. The minimum Gasteiger partial charge on any atom is -0.390 e. The van der Waals surface area contributed by atoms with Crippen molar-refractivity contribution in [3.63, 3.8) is 0 Å². The third-order valence-corrected chi connectivity index (χ3v) is 6.05. The minimum atomic E-state index is -4.63. The Balaban J connectivity index is 1.63. The maximum Gasteiger partial charge on any atom is 0.433 e. The van der Waals surface area contributed by atoms with E-state index in [-0.39, 0.29) is 11.7 Å². The topological polar surface area (TPSA) is 83.3 Å². The second-order valence-corrected chi connectivity index (χ2v) is 9.02. The Kier molecular flexibility index (Phi) is 5.81. The molecule has 2 heterocycles. The van der Waals surface area contributed by atoms with Gasteiger partial charge in [-0.2, -0.15) is 18.3 Å². The number of aromatic nitrogens is 3. The van der Waals surface area contributed by atoms with Gasteiger partial charge < -0.3 is 15.3 Å². The number of pyridine rings is 1. The first-order chi connectivity index (χ1) is 15.4. The molecule has 33 heavy (non-hydrogen) atoms. The molecule has 7 nitrogen and oxygen atoms in total. The predicted molar refractivity (Wildman–Crippen MR) is 119 cm³/mol. The lowest BCUT2D eigenvalue weighted by molar-refractivity contribution is -0.141. The zero-order valence-corrected chi connectivity index (χ0v) is 18.6. The summed E-state index contributed by atoms with van der Waals surface area (Å²) >= 11 is 0. The van der Waals surface area contributed by atoms with Crippen LogP contribution in [0.3, 0.4) is 0 Å². The molecule has 3 aromatic rings. The van der Waals surface area contributed by atoms with Gasteiger partial charge in [0.05, 0.1) is 28.5 Å². The van der Waals surface area contributed by atoms with E-state index in [0.717, 1.165) is 35.9 Å². The van der Waals surface area contributed by atoms with E-state index >= 15 is 0 Å². The summed E-state index contributed by atoms with van der Waals surface area (Å²) in [6.07, 6.45) is 0.283. The second-order valence-electron chi connectivity index (χ2n) is 9.02. The van der Waals surface area contributed by atoms with Crippen LogP contribution in [0, 0.1) is 0 Å². The molecule has 1 aliphatic rings. The van der Waals surface area contributed by atoms with Gasteiger partial charge in [0, 0.05) is 25.7 Å². The smallest absolute Gasteiger partial charge is 0.390 e. The molecule has 176 valence electrons. The van der Waals surface area contributed by atoms with Crippen molar-refractivity contribution in [2.75, 3.05) is 24.3 Å². The molecule has 4 rings (SSSR count). The molecule has 1 aliphatic carbocycles. The number of benzene rings is 1. The van der Waals surface area contributed by atoms with Crippen LogP contribution in [0.4, 0.5) is 24.5 Å². The summed E-state index contributed by atoms with van der Waals surface area (Å²) in [5.41, 5.74) is -0.227. The van der Waals surface area contributed by atoms with Gasteiger partial charge in [0.2, 0.25) is 0 Å². The van der Waals surface area contributed by atoms with Crippen molar-refractivity contribution in [1.29, 1.82) is 0 Å². The summed E-state index contributed by atoms with van der Waals surface area (Å²) in [7, 11) is 3.61. The number of nitrogens with one attached hydrogen (secondary N) is 1. The van der Waals surface area contributed by atoms with Crippen LogP contribution in [0.1, 0.15) is 54.8 Å². The van der Waals surface area contributed by atoms with Gasteiger partial charge in [-0.25, -0.2) is 4.98 Å². The van der Waals surface area contributed by atoms with Crippen molar-refractivity contribution in [1.82, 2.24) is 14.8 Å². The Labute approximate surface area is 189 Å². The second kappa shape index (κ2) is 8.33.